The van der Waals surface area contributed by atoms with Crippen molar-refractivity contribution in [3.8, 4) is 11.1 Å². The molecule has 0 atom stereocenters. The first-order valence-electron chi connectivity index (χ1n) is 5.84. The SMILES string of the molecule is CC(C)(C)c1ccc(-c2cc[n+](N)cc2)cc1. The minimum absolute atomic E-state index is 0.204. The molecular weight excluding hydrogens is 208 g/mol. The van der Waals surface area contributed by atoms with Gasteiger partial charge in [0.2, 0.25) is 0 Å². The zero-order valence-electron chi connectivity index (χ0n) is 10.6. The molecule has 2 rings (SSSR count). The van der Waals surface area contributed by atoms with Crippen molar-refractivity contribution in [2.75, 3.05) is 5.84 Å². The fourth-order valence-electron chi connectivity index (χ4n) is 1.79. The van der Waals surface area contributed by atoms with Crippen LogP contribution in [-0.4, -0.2) is 0 Å². The molecule has 2 nitrogen and oxygen atoms in total. The molecule has 0 aliphatic heterocycles. The summed E-state index contributed by atoms with van der Waals surface area (Å²) < 4.78 is 1.55. The quantitative estimate of drug-likeness (QED) is 0.589. The minimum atomic E-state index is 0.204. The number of aromatic nitrogens is 1. The van der Waals surface area contributed by atoms with Crippen molar-refractivity contribution in [2.24, 2.45) is 0 Å². The molecule has 0 fully saturated rings. The molecule has 2 heteroatoms. The molecule has 2 aromatic rings. The van der Waals surface area contributed by atoms with Gasteiger partial charge >= 0.3 is 0 Å². The van der Waals surface area contributed by atoms with Crippen molar-refractivity contribution in [3.05, 3.63) is 54.4 Å². The fourth-order valence-corrected chi connectivity index (χ4v) is 1.79. The second-order valence-electron chi connectivity index (χ2n) is 5.36. The highest BCUT2D eigenvalue weighted by atomic mass is 15.3. The summed E-state index contributed by atoms with van der Waals surface area (Å²) in [4.78, 5) is 0. The Morgan fingerprint density at radius 1 is 0.824 bits per heavy atom. The van der Waals surface area contributed by atoms with Crippen molar-refractivity contribution in [3.63, 3.8) is 0 Å². The highest BCUT2D eigenvalue weighted by Crippen LogP contribution is 2.25. The van der Waals surface area contributed by atoms with Gasteiger partial charge in [-0.1, -0.05) is 49.7 Å². The van der Waals surface area contributed by atoms with E-state index in [0.717, 1.165) is 0 Å². The molecular formula is C15H19N2+. The Labute approximate surface area is 103 Å². The van der Waals surface area contributed by atoms with E-state index < -0.39 is 0 Å². The first kappa shape index (κ1) is 11.6. The lowest BCUT2D eigenvalue weighted by molar-refractivity contribution is -0.638. The summed E-state index contributed by atoms with van der Waals surface area (Å²) in [5, 5.41) is 0. The first-order valence-corrected chi connectivity index (χ1v) is 5.84. The predicted molar refractivity (Wildman–Crippen MR) is 70.9 cm³/mol. The van der Waals surface area contributed by atoms with E-state index in [9.17, 15) is 0 Å². The summed E-state index contributed by atoms with van der Waals surface area (Å²) in [6.45, 7) is 6.67. The van der Waals surface area contributed by atoms with Crippen LogP contribution in [0.3, 0.4) is 0 Å². The number of nitrogen functional groups attached to an aromatic ring is 1. The Hall–Kier alpha value is -1.83. The smallest absolute Gasteiger partial charge is 0.199 e. The molecule has 2 N–H and O–H groups in total. The third-order valence-electron chi connectivity index (χ3n) is 2.94. The van der Waals surface area contributed by atoms with Crippen molar-refractivity contribution in [2.45, 2.75) is 26.2 Å². The number of pyridine rings is 1. The number of rotatable bonds is 1. The maximum Gasteiger partial charge on any atom is 0.199 e. The molecule has 1 heterocycles. The molecule has 17 heavy (non-hydrogen) atoms. The summed E-state index contributed by atoms with van der Waals surface area (Å²) in [5.41, 5.74) is 3.96. The number of benzene rings is 1. The van der Waals surface area contributed by atoms with Gasteiger partial charge in [-0.3, -0.25) is 0 Å². The molecule has 0 saturated carbocycles. The maximum atomic E-state index is 5.60. The van der Waals surface area contributed by atoms with Crippen LogP contribution < -0.4 is 10.5 Å². The highest BCUT2D eigenvalue weighted by molar-refractivity contribution is 5.62. The van der Waals surface area contributed by atoms with E-state index in [1.165, 1.54) is 16.7 Å². The third kappa shape index (κ3) is 2.64. The Bertz CT molecular complexity index is 490. The summed E-state index contributed by atoms with van der Waals surface area (Å²) in [5.74, 6) is 5.60. The summed E-state index contributed by atoms with van der Waals surface area (Å²) in [7, 11) is 0. The molecule has 1 aromatic heterocycles. The molecule has 1 aromatic carbocycles. The second kappa shape index (κ2) is 4.21. The van der Waals surface area contributed by atoms with E-state index >= 15 is 0 Å². The van der Waals surface area contributed by atoms with Crippen LogP contribution in [0.2, 0.25) is 0 Å². The van der Waals surface area contributed by atoms with Crippen LogP contribution >= 0.6 is 0 Å². The van der Waals surface area contributed by atoms with Gasteiger partial charge in [-0.25, -0.2) is 5.84 Å². The summed E-state index contributed by atoms with van der Waals surface area (Å²) in [6.07, 6.45) is 3.71. The normalized spacial score (nSPS) is 11.5. The fraction of sp³-hybridized carbons (Fsp3) is 0.267. The molecule has 0 radical (unpaired) electrons. The van der Waals surface area contributed by atoms with Crippen molar-refractivity contribution in [1.29, 1.82) is 0 Å². The Balaban J connectivity index is 2.33. The molecule has 0 spiro atoms. The molecule has 88 valence electrons. The standard InChI is InChI=1S/C15H19N2/c1-15(2,3)14-6-4-12(5-7-14)13-8-10-17(16)11-9-13/h4-11H,16H2,1-3H3/q+1. The summed E-state index contributed by atoms with van der Waals surface area (Å²) >= 11 is 0. The molecule has 0 bridgehead atoms. The van der Waals surface area contributed by atoms with E-state index in [1.807, 2.05) is 24.5 Å². The number of nitrogens with zero attached hydrogens (tertiary/aromatic N) is 1. The van der Waals surface area contributed by atoms with Gasteiger partial charge in [-0.15, -0.1) is 0 Å². The molecule has 0 aliphatic rings. The van der Waals surface area contributed by atoms with Crippen LogP contribution in [0, 0.1) is 0 Å². The number of hydrogen-bond acceptors (Lipinski definition) is 1. The monoisotopic (exact) mass is 227 g/mol. The Kier molecular flexibility index (Phi) is 2.88. The van der Waals surface area contributed by atoms with Gasteiger partial charge in [0.05, 0.1) is 0 Å². The van der Waals surface area contributed by atoms with Gasteiger partial charge in [-0.05, 0) is 22.1 Å². The maximum absolute atomic E-state index is 5.60. The van der Waals surface area contributed by atoms with Crippen LogP contribution in [0.25, 0.3) is 11.1 Å². The van der Waals surface area contributed by atoms with Crippen molar-refractivity contribution in [1.82, 2.24) is 0 Å². The van der Waals surface area contributed by atoms with Gasteiger partial charge in [-0.2, -0.15) is 0 Å². The average molecular weight is 227 g/mol. The molecule has 0 aliphatic carbocycles. The lowest BCUT2D eigenvalue weighted by atomic mass is 9.86. The predicted octanol–water partition coefficient (Wildman–Crippen LogP) is 2.65. The zero-order chi connectivity index (χ0) is 12.5. The van der Waals surface area contributed by atoms with Crippen LogP contribution in [0.4, 0.5) is 0 Å². The lowest BCUT2D eigenvalue weighted by Gasteiger charge is -2.19. The molecule has 0 amide bonds. The van der Waals surface area contributed by atoms with Crippen molar-refractivity contribution < 1.29 is 4.68 Å². The van der Waals surface area contributed by atoms with Crippen LogP contribution in [0.1, 0.15) is 26.3 Å². The zero-order valence-corrected chi connectivity index (χ0v) is 10.6. The number of nitrogens with two attached hydrogens (primary N) is 1. The first-order chi connectivity index (χ1) is 7.97. The Morgan fingerprint density at radius 2 is 1.29 bits per heavy atom. The van der Waals surface area contributed by atoms with Crippen molar-refractivity contribution >= 4 is 0 Å². The van der Waals surface area contributed by atoms with Crippen LogP contribution in [0.5, 0.6) is 0 Å². The van der Waals surface area contributed by atoms with Gasteiger partial charge in [0.25, 0.3) is 0 Å². The van der Waals surface area contributed by atoms with E-state index in [2.05, 4.69) is 45.0 Å². The number of hydrogen-bond donors (Lipinski definition) is 1. The largest absolute Gasteiger partial charge is 0.205 e. The van der Waals surface area contributed by atoms with E-state index in [4.69, 9.17) is 5.84 Å². The van der Waals surface area contributed by atoms with Crippen LogP contribution in [0.15, 0.2) is 48.8 Å². The van der Waals surface area contributed by atoms with Crippen LogP contribution in [-0.2, 0) is 5.41 Å². The van der Waals surface area contributed by atoms with E-state index in [1.54, 1.807) is 4.68 Å². The van der Waals surface area contributed by atoms with Gasteiger partial charge < -0.3 is 0 Å². The average Bonchev–Trinajstić information content (AvgIpc) is 2.29. The van der Waals surface area contributed by atoms with E-state index in [0.29, 0.717) is 0 Å². The second-order valence-corrected chi connectivity index (χ2v) is 5.36. The molecule has 0 unspecified atom stereocenters. The van der Waals surface area contributed by atoms with E-state index in [-0.39, 0.29) is 5.41 Å². The molecule has 0 saturated heterocycles. The third-order valence-corrected chi connectivity index (χ3v) is 2.94. The Morgan fingerprint density at radius 3 is 1.76 bits per heavy atom. The van der Waals surface area contributed by atoms with Gasteiger partial charge in [0.1, 0.15) is 0 Å². The highest BCUT2D eigenvalue weighted by Gasteiger charge is 2.13. The summed E-state index contributed by atoms with van der Waals surface area (Å²) in [6, 6.07) is 12.8. The van der Waals surface area contributed by atoms with Gasteiger partial charge in [0.15, 0.2) is 12.4 Å². The van der Waals surface area contributed by atoms with Gasteiger partial charge in [0, 0.05) is 12.1 Å². The topological polar surface area (TPSA) is 29.9 Å². The lowest BCUT2D eigenvalue weighted by Crippen LogP contribution is -2.43. The minimum Gasteiger partial charge on any atom is -0.205 e.